The third-order valence-electron chi connectivity index (χ3n) is 6.31. The first kappa shape index (κ1) is 17.8. The molecule has 2 aromatic carbocycles. The Hall–Kier alpha value is -1.56. The molecule has 0 heterocycles. The molecule has 124 valence electrons. The molecule has 0 aliphatic heterocycles. The maximum atomic E-state index is 2.40. The van der Waals surface area contributed by atoms with Crippen LogP contribution in [0.15, 0.2) is 12.1 Å². The van der Waals surface area contributed by atoms with E-state index in [4.69, 9.17) is 0 Å². The third kappa shape index (κ3) is 2.73. The molecule has 0 nitrogen and oxygen atoms in total. The molecule has 0 aliphatic carbocycles. The highest BCUT2D eigenvalue weighted by molar-refractivity contribution is 5.54. The van der Waals surface area contributed by atoms with Gasteiger partial charge in [0.15, 0.2) is 0 Å². The van der Waals surface area contributed by atoms with Crippen molar-refractivity contribution in [3.05, 3.63) is 67.8 Å². The van der Waals surface area contributed by atoms with Gasteiger partial charge >= 0.3 is 0 Å². The van der Waals surface area contributed by atoms with Crippen molar-refractivity contribution in [1.82, 2.24) is 0 Å². The minimum Gasteiger partial charge on any atom is -0.0547 e. The second-order valence-electron chi connectivity index (χ2n) is 7.86. The van der Waals surface area contributed by atoms with E-state index in [2.05, 4.69) is 81.4 Å². The molecule has 0 aliphatic rings. The molecular weight excluding hydrogens is 276 g/mol. The quantitative estimate of drug-likeness (QED) is 0.595. The number of aryl methyl sites for hydroxylation is 2. The molecule has 23 heavy (non-hydrogen) atoms. The van der Waals surface area contributed by atoms with Crippen LogP contribution in [0.4, 0.5) is 0 Å². The molecule has 0 N–H and O–H groups in total. The van der Waals surface area contributed by atoms with E-state index in [0.29, 0.717) is 0 Å². The molecule has 2 rings (SSSR count). The van der Waals surface area contributed by atoms with Gasteiger partial charge in [-0.2, -0.15) is 0 Å². The monoisotopic (exact) mass is 308 g/mol. The highest BCUT2D eigenvalue weighted by Crippen LogP contribution is 2.39. The summed E-state index contributed by atoms with van der Waals surface area (Å²) in [5.41, 5.74) is 14.3. The Morgan fingerprint density at radius 2 is 0.783 bits per heavy atom. The Balaban J connectivity index is 2.79. The summed E-state index contributed by atoms with van der Waals surface area (Å²) in [6, 6.07) is 4.81. The van der Waals surface area contributed by atoms with Crippen LogP contribution in [0, 0.1) is 55.4 Å². The standard InChI is InChI=1S/C23H32/c1-13-11-21(19(7)17(5)15(13)3)23(9,10)22-12-14(2)16(4)18(6)20(22)8/h11-12H,1-10H3. The van der Waals surface area contributed by atoms with E-state index in [0.717, 1.165) is 0 Å². The first-order valence-electron chi connectivity index (χ1n) is 8.65. The van der Waals surface area contributed by atoms with E-state index in [9.17, 15) is 0 Å². The van der Waals surface area contributed by atoms with Crippen LogP contribution in [-0.2, 0) is 5.41 Å². The molecule has 0 heteroatoms. The van der Waals surface area contributed by atoms with Crippen molar-refractivity contribution in [1.29, 1.82) is 0 Å². The summed E-state index contributed by atoms with van der Waals surface area (Å²) in [6.07, 6.45) is 0. The Bertz CT molecular complexity index is 708. The highest BCUT2D eigenvalue weighted by Gasteiger charge is 2.29. The zero-order valence-corrected chi connectivity index (χ0v) is 16.7. The van der Waals surface area contributed by atoms with Gasteiger partial charge in [-0.25, -0.2) is 0 Å². The smallest absolute Gasteiger partial charge is 0.0152 e. The van der Waals surface area contributed by atoms with E-state index in [1.807, 2.05) is 0 Å². The summed E-state index contributed by atoms with van der Waals surface area (Å²) in [7, 11) is 0. The summed E-state index contributed by atoms with van der Waals surface area (Å²) in [4.78, 5) is 0. The fraction of sp³-hybridized carbons (Fsp3) is 0.478. The maximum absolute atomic E-state index is 2.40. The topological polar surface area (TPSA) is 0 Å². The molecule has 0 bridgehead atoms. The van der Waals surface area contributed by atoms with Gasteiger partial charge < -0.3 is 0 Å². The molecule has 0 saturated heterocycles. The third-order valence-corrected chi connectivity index (χ3v) is 6.31. The van der Waals surface area contributed by atoms with Crippen LogP contribution < -0.4 is 0 Å². The minimum atomic E-state index is 0.0145. The Kier molecular flexibility index (Phi) is 4.50. The van der Waals surface area contributed by atoms with Gasteiger partial charge in [0, 0.05) is 5.41 Å². The fourth-order valence-corrected chi connectivity index (χ4v) is 3.87. The molecule has 0 atom stereocenters. The largest absolute Gasteiger partial charge is 0.0547 e. The van der Waals surface area contributed by atoms with Crippen molar-refractivity contribution in [2.45, 2.75) is 74.7 Å². The lowest BCUT2D eigenvalue weighted by Crippen LogP contribution is -2.23. The molecule has 0 spiro atoms. The van der Waals surface area contributed by atoms with Crippen LogP contribution >= 0.6 is 0 Å². The molecule has 0 saturated carbocycles. The van der Waals surface area contributed by atoms with Gasteiger partial charge in [0.2, 0.25) is 0 Å². The van der Waals surface area contributed by atoms with Crippen molar-refractivity contribution in [2.75, 3.05) is 0 Å². The lowest BCUT2D eigenvalue weighted by molar-refractivity contribution is 0.627. The Morgan fingerprint density at radius 3 is 1.09 bits per heavy atom. The summed E-state index contributed by atoms with van der Waals surface area (Å²) < 4.78 is 0. The Morgan fingerprint density at radius 1 is 0.478 bits per heavy atom. The van der Waals surface area contributed by atoms with Crippen molar-refractivity contribution < 1.29 is 0 Å². The van der Waals surface area contributed by atoms with Gasteiger partial charge in [0.05, 0.1) is 0 Å². The van der Waals surface area contributed by atoms with Crippen LogP contribution in [0.5, 0.6) is 0 Å². The number of hydrogen-bond acceptors (Lipinski definition) is 0. The predicted molar refractivity (Wildman–Crippen MR) is 103 cm³/mol. The van der Waals surface area contributed by atoms with Gasteiger partial charge in [-0.3, -0.25) is 0 Å². The van der Waals surface area contributed by atoms with E-state index in [1.54, 1.807) is 0 Å². The minimum absolute atomic E-state index is 0.0145. The number of hydrogen-bond donors (Lipinski definition) is 0. The molecule has 0 fully saturated rings. The molecule has 0 amide bonds. The molecule has 0 aromatic heterocycles. The lowest BCUT2D eigenvalue weighted by atomic mass is 9.71. The summed E-state index contributed by atoms with van der Waals surface area (Å²) in [6.45, 7) is 22.8. The lowest BCUT2D eigenvalue weighted by Gasteiger charge is -2.33. The average Bonchev–Trinajstić information content (AvgIpc) is 2.49. The van der Waals surface area contributed by atoms with Gasteiger partial charge in [-0.1, -0.05) is 26.0 Å². The summed E-state index contributed by atoms with van der Waals surface area (Å²) >= 11 is 0. The molecule has 0 unspecified atom stereocenters. The van der Waals surface area contributed by atoms with Gasteiger partial charge in [0.1, 0.15) is 0 Å². The van der Waals surface area contributed by atoms with Crippen LogP contribution in [0.25, 0.3) is 0 Å². The van der Waals surface area contributed by atoms with Crippen LogP contribution in [-0.4, -0.2) is 0 Å². The van der Waals surface area contributed by atoms with E-state index in [1.165, 1.54) is 55.6 Å². The number of rotatable bonds is 2. The van der Waals surface area contributed by atoms with Crippen molar-refractivity contribution >= 4 is 0 Å². The van der Waals surface area contributed by atoms with Crippen LogP contribution in [0.2, 0.25) is 0 Å². The summed E-state index contributed by atoms with van der Waals surface area (Å²) in [5.74, 6) is 0. The van der Waals surface area contributed by atoms with E-state index in [-0.39, 0.29) is 5.41 Å². The van der Waals surface area contributed by atoms with Crippen molar-refractivity contribution in [3.8, 4) is 0 Å². The maximum Gasteiger partial charge on any atom is 0.0152 e. The first-order valence-corrected chi connectivity index (χ1v) is 8.65. The SMILES string of the molecule is Cc1cc(C(C)(C)c2cc(C)c(C)c(C)c2C)c(C)c(C)c1C. The van der Waals surface area contributed by atoms with Gasteiger partial charge in [-0.15, -0.1) is 0 Å². The highest BCUT2D eigenvalue weighted by atomic mass is 14.3. The van der Waals surface area contributed by atoms with E-state index < -0.39 is 0 Å². The summed E-state index contributed by atoms with van der Waals surface area (Å²) in [5, 5.41) is 0. The second-order valence-corrected chi connectivity index (χ2v) is 7.86. The van der Waals surface area contributed by atoms with Crippen LogP contribution in [0.1, 0.15) is 69.5 Å². The predicted octanol–water partition coefficient (Wildman–Crippen LogP) is 6.48. The second kappa shape index (κ2) is 5.82. The van der Waals surface area contributed by atoms with E-state index >= 15 is 0 Å². The molecule has 0 radical (unpaired) electrons. The zero-order valence-electron chi connectivity index (χ0n) is 16.7. The fourth-order valence-electron chi connectivity index (χ4n) is 3.87. The molecule has 2 aromatic rings. The van der Waals surface area contributed by atoms with Crippen molar-refractivity contribution in [3.63, 3.8) is 0 Å². The number of benzene rings is 2. The van der Waals surface area contributed by atoms with Gasteiger partial charge in [-0.05, 0) is 111 Å². The van der Waals surface area contributed by atoms with Crippen molar-refractivity contribution in [2.24, 2.45) is 0 Å². The molecular formula is C23H32. The first-order chi connectivity index (χ1) is 10.5. The average molecular weight is 309 g/mol. The van der Waals surface area contributed by atoms with Gasteiger partial charge in [0.25, 0.3) is 0 Å². The zero-order chi connectivity index (χ0) is 17.7. The normalized spacial score (nSPS) is 11.9. The Labute approximate surface area is 143 Å². The van der Waals surface area contributed by atoms with Crippen LogP contribution in [0.3, 0.4) is 0 Å².